The molecule has 1 aromatic heterocycles. The van der Waals surface area contributed by atoms with Crippen molar-refractivity contribution in [1.82, 2.24) is 10.3 Å². The first-order valence-corrected chi connectivity index (χ1v) is 6.59. The van der Waals surface area contributed by atoms with E-state index in [2.05, 4.69) is 22.4 Å². The largest absolute Gasteiger partial charge is 0.349 e. The highest BCUT2D eigenvalue weighted by atomic mass is 35.5. The molecule has 2 unspecified atom stereocenters. The van der Waals surface area contributed by atoms with E-state index in [-0.39, 0.29) is 11.9 Å². The minimum atomic E-state index is -0.151. The standard InChI is InChI=1S/C15H13ClN2O/c16-13-6-7-17-9-12(13)15(19)18-14-8-11(14)10-4-2-1-3-5-10/h1-7,9,11,14H,8H2,(H,18,19). The molecule has 1 saturated carbocycles. The molecule has 3 rings (SSSR count). The number of nitrogens with one attached hydrogen (secondary N) is 1. The fourth-order valence-electron chi connectivity index (χ4n) is 2.21. The molecule has 1 aliphatic carbocycles. The van der Waals surface area contributed by atoms with Crippen LogP contribution in [0.1, 0.15) is 28.3 Å². The summed E-state index contributed by atoms with van der Waals surface area (Å²) in [7, 11) is 0. The van der Waals surface area contributed by atoms with E-state index in [0.29, 0.717) is 16.5 Å². The fraction of sp³-hybridized carbons (Fsp3) is 0.200. The minimum absolute atomic E-state index is 0.151. The summed E-state index contributed by atoms with van der Waals surface area (Å²) in [6.07, 6.45) is 4.05. The molecule has 0 spiro atoms. The zero-order chi connectivity index (χ0) is 13.2. The highest BCUT2D eigenvalue weighted by Crippen LogP contribution is 2.40. The van der Waals surface area contributed by atoms with E-state index in [1.807, 2.05) is 18.2 Å². The maximum absolute atomic E-state index is 12.1. The molecule has 1 heterocycles. The Balaban J connectivity index is 1.66. The number of pyridine rings is 1. The summed E-state index contributed by atoms with van der Waals surface area (Å²) in [5.74, 6) is 0.266. The molecule has 0 aliphatic heterocycles. The Morgan fingerprint density at radius 1 is 1.26 bits per heavy atom. The molecule has 2 aromatic rings. The molecular formula is C15H13ClN2O. The number of halogens is 1. The molecule has 3 nitrogen and oxygen atoms in total. The Bertz CT molecular complexity index is 600. The van der Waals surface area contributed by atoms with Crippen LogP contribution in [0.15, 0.2) is 48.8 Å². The zero-order valence-corrected chi connectivity index (χ0v) is 11.0. The predicted octanol–water partition coefficient (Wildman–Crippen LogP) is 3.02. The lowest BCUT2D eigenvalue weighted by molar-refractivity contribution is 0.0950. The molecule has 0 bridgehead atoms. The number of hydrogen-bond donors (Lipinski definition) is 1. The van der Waals surface area contributed by atoms with E-state index in [9.17, 15) is 4.79 Å². The molecule has 1 aromatic carbocycles. The van der Waals surface area contributed by atoms with E-state index >= 15 is 0 Å². The highest BCUT2D eigenvalue weighted by Gasteiger charge is 2.39. The van der Waals surface area contributed by atoms with Gasteiger partial charge in [-0.05, 0) is 18.1 Å². The van der Waals surface area contributed by atoms with Gasteiger partial charge in [0.15, 0.2) is 0 Å². The second-order valence-corrected chi connectivity index (χ2v) is 5.10. The molecule has 0 saturated heterocycles. The third-order valence-electron chi connectivity index (χ3n) is 3.35. The predicted molar refractivity (Wildman–Crippen MR) is 74.3 cm³/mol. The summed E-state index contributed by atoms with van der Waals surface area (Å²) in [5.41, 5.74) is 1.70. The van der Waals surface area contributed by atoms with Crippen molar-refractivity contribution >= 4 is 17.5 Å². The van der Waals surface area contributed by atoms with E-state index in [0.717, 1.165) is 6.42 Å². The van der Waals surface area contributed by atoms with Gasteiger partial charge in [-0.25, -0.2) is 0 Å². The Labute approximate surface area is 116 Å². The number of aromatic nitrogens is 1. The third kappa shape index (κ3) is 2.61. The summed E-state index contributed by atoms with van der Waals surface area (Å²) in [6, 6.07) is 12.0. The topological polar surface area (TPSA) is 42.0 Å². The molecule has 0 radical (unpaired) electrons. The number of nitrogens with zero attached hydrogens (tertiary/aromatic N) is 1. The van der Waals surface area contributed by atoms with Crippen LogP contribution in [0.3, 0.4) is 0 Å². The summed E-state index contributed by atoms with van der Waals surface area (Å²) >= 11 is 5.98. The van der Waals surface area contributed by atoms with Crippen molar-refractivity contribution in [3.63, 3.8) is 0 Å². The van der Waals surface area contributed by atoms with Gasteiger partial charge in [0.05, 0.1) is 10.6 Å². The first-order chi connectivity index (χ1) is 9.25. The van der Waals surface area contributed by atoms with E-state index in [4.69, 9.17) is 11.6 Å². The number of benzene rings is 1. The molecule has 1 fully saturated rings. The smallest absolute Gasteiger partial charge is 0.254 e. The van der Waals surface area contributed by atoms with Gasteiger partial charge in [0.2, 0.25) is 0 Å². The van der Waals surface area contributed by atoms with Crippen LogP contribution in [0.25, 0.3) is 0 Å². The molecule has 1 N–H and O–H groups in total. The average Bonchev–Trinajstić information content (AvgIpc) is 3.19. The van der Waals surface area contributed by atoms with Crippen LogP contribution in [0, 0.1) is 0 Å². The molecular weight excluding hydrogens is 260 g/mol. The molecule has 19 heavy (non-hydrogen) atoms. The number of amides is 1. The normalized spacial score (nSPS) is 20.9. The van der Waals surface area contributed by atoms with Crippen molar-refractivity contribution in [2.45, 2.75) is 18.4 Å². The SMILES string of the molecule is O=C(NC1CC1c1ccccc1)c1cnccc1Cl. The number of carbonyl (C=O) groups is 1. The fourth-order valence-corrected chi connectivity index (χ4v) is 2.40. The van der Waals surface area contributed by atoms with E-state index in [1.165, 1.54) is 11.8 Å². The van der Waals surface area contributed by atoms with E-state index in [1.54, 1.807) is 12.3 Å². The molecule has 1 amide bonds. The lowest BCUT2D eigenvalue weighted by Gasteiger charge is -2.06. The van der Waals surface area contributed by atoms with Gasteiger partial charge < -0.3 is 5.32 Å². The van der Waals surface area contributed by atoms with Crippen LogP contribution in [0.5, 0.6) is 0 Å². The van der Waals surface area contributed by atoms with Crippen molar-refractivity contribution in [1.29, 1.82) is 0 Å². The average molecular weight is 273 g/mol. The van der Waals surface area contributed by atoms with Crippen LogP contribution in [-0.2, 0) is 0 Å². The maximum atomic E-state index is 12.1. The Hall–Kier alpha value is -1.87. The first-order valence-electron chi connectivity index (χ1n) is 6.21. The Morgan fingerprint density at radius 3 is 2.79 bits per heavy atom. The second kappa shape index (κ2) is 5.02. The number of rotatable bonds is 3. The zero-order valence-electron chi connectivity index (χ0n) is 10.2. The van der Waals surface area contributed by atoms with Gasteiger partial charge in [0, 0.05) is 24.4 Å². The van der Waals surface area contributed by atoms with Crippen molar-refractivity contribution < 1.29 is 4.79 Å². The van der Waals surface area contributed by atoms with Crippen molar-refractivity contribution in [3.05, 3.63) is 64.9 Å². The summed E-state index contributed by atoms with van der Waals surface area (Å²) in [5, 5.41) is 3.43. The van der Waals surface area contributed by atoms with E-state index < -0.39 is 0 Å². The molecule has 2 atom stereocenters. The Kier molecular flexibility index (Phi) is 3.22. The second-order valence-electron chi connectivity index (χ2n) is 4.69. The van der Waals surface area contributed by atoms with Crippen molar-refractivity contribution in [2.75, 3.05) is 0 Å². The quantitative estimate of drug-likeness (QED) is 0.933. The van der Waals surface area contributed by atoms with Crippen LogP contribution in [0.2, 0.25) is 5.02 Å². The molecule has 1 aliphatic rings. The lowest BCUT2D eigenvalue weighted by atomic mass is 10.1. The van der Waals surface area contributed by atoms with Crippen LogP contribution in [0.4, 0.5) is 0 Å². The number of hydrogen-bond acceptors (Lipinski definition) is 2. The highest BCUT2D eigenvalue weighted by molar-refractivity contribution is 6.33. The third-order valence-corrected chi connectivity index (χ3v) is 3.68. The summed E-state index contributed by atoms with van der Waals surface area (Å²) in [4.78, 5) is 16.0. The number of carbonyl (C=O) groups excluding carboxylic acids is 1. The monoisotopic (exact) mass is 272 g/mol. The van der Waals surface area contributed by atoms with Gasteiger partial charge in [-0.3, -0.25) is 9.78 Å². The van der Waals surface area contributed by atoms with Gasteiger partial charge in [0.1, 0.15) is 0 Å². The Morgan fingerprint density at radius 2 is 2.05 bits per heavy atom. The van der Waals surface area contributed by atoms with Gasteiger partial charge in [0.25, 0.3) is 5.91 Å². The van der Waals surface area contributed by atoms with Gasteiger partial charge in [-0.2, -0.15) is 0 Å². The van der Waals surface area contributed by atoms with Crippen LogP contribution >= 0.6 is 11.6 Å². The summed E-state index contributed by atoms with van der Waals surface area (Å²) in [6.45, 7) is 0. The maximum Gasteiger partial charge on any atom is 0.254 e. The van der Waals surface area contributed by atoms with Gasteiger partial charge in [-0.15, -0.1) is 0 Å². The van der Waals surface area contributed by atoms with Crippen molar-refractivity contribution in [3.8, 4) is 0 Å². The summed E-state index contributed by atoms with van der Waals surface area (Å²) < 4.78 is 0. The van der Waals surface area contributed by atoms with Crippen LogP contribution in [-0.4, -0.2) is 16.9 Å². The first kappa shape index (κ1) is 12.2. The minimum Gasteiger partial charge on any atom is -0.349 e. The van der Waals surface area contributed by atoms with Crippen molar-refractivity contribution in [2.24, 2.45) is 0 Å². The van der Waals surface area contributed by atoms with Gasteiger partial charge in [-0.1, -0.05) is 41.9 Å². The lowest BCUT2D eigenvalue weighted by Crippen LogP contribution is -2.26. The van der Waals surface area contributed by atoms with Crippen LogP contribution < -0.4 is 5.32 Å². The molecule has 4 heteroatoms. The molecule has 96 valence electrons. The van der Waals surface area contributed by atoms with Gasteiger partial charge >= 0.3 is 0 Å².